The van der Waals surface area contributed by atoms with Crippen LogP contribution in [-0.2, 0) is 0 Å². The van der Waals surface area contributed by atoms with E-state index in [9.17, 15) is 0 Å². The quantitative estimate of drug-likeness (QED) is 0.885. The van der Waals surface area contributed by atoms with Crippen LogP contribution < -0.4 is 10.1 Å². The second kappa shape index (κ2) is 4.78. The summed E-state index contributed by atoms with van der Waals surface area (Å²) >= 11 is 0. The largest absolute Gasteiger partial charge is 0.494 e. The molecular formula is C13H16N4O. The Labute approximate surface area is 106 Å². The lowest BCUT2D eigenvalue weighted by Crippen LogP contribution is -2.43. The van der Waals surface area contributed by atoms with Crippen molar-refractivity contribution in [2.24, 2.45) is 0 Å². The molecule has 1 aromatic heterocycles. The van der Waals surface area contributed by atoms with Gasteiger partial charge >= 0.3 is 0 Å². The monoisotopic (exact) mass is 244 g/mol. The van der Waals surface area contributed by atoms with Crippen molar-refractivity contribution in [1.29, 1.82) is 0 Å². The zero-order valence-electron chi connectivity index (χ0n) is 10.3. The van der Waals surface area contributed by atoms with E-state index in [0.717, 1.165) is 30.1 Å². The van der Waals surface area contributed by atoms with Crippen LogP contribution >= 0.6 is 0 Å². The minimum absolute atomic E-state index is 0.453. The highest BCUT2D eigenvalue weighted by Gasteiger charge is 2.20. The maximum absolute atomic E-state index is 5.42. The van der Waals surface area contributed by atoms with Gasteiger partial charge < -0.3 is 10.1 Å². The molecule has 0 aliphatic carbocycles. The Morgan fingerprint density at radius 2 is 2.11 bits per heavy atom. The second-order valence-corrected chi connectivity index (χ2v) is 4.35. The molecule has 5 nitrogen and oxygen atoms in total. The van der Waals surface area contributed by atoms with E-state index in [4.69, 9.17) is 4.74 Å². The smallest absolute Gasteiger partial charge is 0.119 e. The van der Waals surface area contributed by atoms with Crippen molar-refractivity contribution in [3.8, 4) is 17.0 Å². The van der Waals surface area contributed by atoms with E-state index in [1.54, 1.807) is 0 Å². The van der Waals surface area contributed by atoms with Crippen molar-refractivity contribution < 1.29 is 4.74 Å². The number of aromatic nitrogens is 3. The lowest BCUT2D eigenvalue weighted by Gasteiger charge is -2.26. The van der Waals surface area contributed by atoms with Crippen LogP contribution in [0.4, 0.5) is 0 Å². The average molecular weight is 244 g/mol. The topological polar surface area (TPSA) is 52.0 Å². The van der Waals surface area contributed by atoms with E-state index in [1.165, 1.54) is 0 Å². The fourth-order valence-electron chi connectivity index (χ4n) is 1.94. The summed E-state index contributed by atoms with van der Waals surface area (Å²) in [6.45, 7) is 4.62. The zero-order valence-corrected chi connectivity index (χ0v) is 10.3. The number of hydrogen-bond donors (Lipinski definition) is 1. The number of hydrogen-bond acceptors (Lipinski definition) is 4. The third kappa shape index (κ3) is 2.09. The normalized spacial score (nSPS) is 15.4. The fourth-order valence-corrected chi connectivity index (χ4v) is 1.94. The van der Waals surface area contributed by atoms with Gasteiger partial charge in [0.1, 0.15) is 11.4 Å². The summed E-state index contributed by atoms with van der Waals surface area (Å²) in [5, 5.41) is 11.6. The molecule has 2 heterocycles. The van der Waals surface area contributed by atoms with E-state index in [1.807, 2.05) is 42.1 Å². The lowest BCUT2D eigenvalue weighted by molar-refractivity contribution is 0.313. The summed E-state index contributed by atoms with van der Waals surface area (Å²) in [6.07, 6.45) is 2.00. The molecule has 18 heavy (non-hydrogen) atoms. The van der Waals surface area contributed by atoms with Crippen molar-refractivity contribution in [2.45, 2.75) is 13.0 Å². The van der Waals surface area contributed by atoms with Gasteiger partial charge in [-0.25, -0.2) is 4.68 Å². The Balaban J connectivity index is 1.78. The molecule has 1 aromatic carbocycles. The number of benzene rings is 1. The number of nitrogens with one attached hydrogen (secondary N) is 1. The van der Waals surface area contributed by atoms with Gasteiger partial charge in [-0.1, -0.05) is 5.21 Å². The molecule has 94 valence electrons. The van der Waals surface area contributed by atoms with E-state index < -0.39 is 0 Å². The van der Waals surface area contributed by atoms with E-state index in [0.29, 0.717) is 12.6 Å². The molecule has 0 atom stereocenters. The molecule has 5 heteroatoms. The first-order valence-corrected chi connectivity index (χ1v) is 6.22. The van der Waals surface area contributed by atoms with Crippen LogP contribution in [0, 0.1) is 0 Å². The second-order valence-electron chi connectivity index (χ2n) is 4.35. The van der Waals surface area contributed by atoms with Gasteiger partial charge in [0.25, 0.3) is 0 Å². The third-order valence-corrected chi connectivity index (χ3v) is 3.11. The van der Waals surface area contributed by atoms with Crippen molar-refractivity contribution in [3.63, 3.8) is 0 Å². The summed E-state index contributed by atoms with van der Waals surface area (Å²) < 4.78 is 7.35. The number of rotatable bonds is 4. The summed E-state index contributed by atoms with van der Waals surface area (Å²) in [5.74, 6) is 0.886. The van der Waals surface area contributed by atoms with Gasteiger partial charge in [0.05, 0.1) is 18.8 Å². The number of ether oxygens (including phenoxy) is 1. The Hall–Kier alpha value is -1.88. The molecule has 0 saturated carbocycles. The Morgan fingerprint density at radius 3 is 2.72 bits per heavy atom. The van der Waals surface area contributed by atoms with E-state index in [-0.39, 0.29) is 0 Å². The molecular weight excluding hydrogens is 228 g/mol. The zero-order chi connectivity index (χ0) is 12.4. The van der Waals surface area contributed by atoms with Gasteiger partial charge in [0, 0.05) is 18.7 Å². The maximum atomic E-state index is 5.42. The first kappa shape index (κ1) is 11.2. The Morgan fingerprint density at radius 1 is 1.33 bits per heavy atom. The highest BCUT2D eigenvalue weighted by Crippen LogP contribution is 2.21. The third-order valence-electron chi connectivity index (χ3n) is 3.11. The molecule has 1 saturated heterocycles. The average Bonchev–Trinajstić information content (AvgIpc) is 2.77. The molecule has 0 radical (unpaired) electrons. The van der Waals surface area contributed by atoms with Gasteiger partial charge in [0.2, 0.25) is 0 Å². The molecule has 0 unspecified atom stereocenters. The molecule has 2 aromatic rings. The Bertz CT molecular complexity index is 516. The molecule has 0 spiro atoms. The molecule has 1 fully saturated rings. The van der Waals surface area contributed by atoms with Crippen molar-refractivity contribution >= 4 is 0 Å². The molecule has 3 rings (SSSR count). The maximum Gasteiger partial charge on any atom is 0.119 e. The van der Waals surface area contributed by atoms with E-state index >= 15 is 0 Å². The first-order chi connectivity index (χ1) is 8.86. The summed E-state index contributed by atoms with van der Waals surface area (Å²) in [6, 6.07) is 8.40. The van der Waals surface area contributed by atoms with Crippen LogP contribution in [0.3, 0.4) is 0 Å². The van der Waals surface area contributed by atoms with Gasteiger partial charge in [-0.05, 0) is 31.2 Å². The Kier molecular flexibility index (Phi) is 2.98. The van der Waals surface area contributed by atoms with Crippen LogP contribution in [0.25, 0.3) is 11.3 Å². The fraction of sp³-hybridized carbons (Fsp3) is 0.385. The van der Waals surface area contributed by atoms with Crippen molar-refractivity contribution in [2.75, 3.05) is 19.7 Å². The van der Waals surface area contributed by atoms with Crippen LogP contribution in [0.2, 0.25) is 0 Å². The van der Waals surface area contributed by atoms with Crippen molar-refractivity contribution in [1.82, 2.24) is 20.3 Å². The number of nitrogens with zero attached hydrogens (tertiary/aromatic N) is 3. The van der Waals surface area contributed by atoms with Crippen LogP contribution in [-0.4, -0.2) is 34.7 Å². The van der Waals surface area contributed by atoms with Crippen LogP contribution in [0.5, 0.6) is 5.75 Å². The van der Waals surface area contributed by atoms with Crippen LogP contribution in [0.1, 0.15) is 13.0 Å². The summed E-state index contributed by atoms with van der Waals surface area (Å²) in [7, 11) is 0. The predicted molar refractivity (Wildman–Crippen MR) is 68.5 cm³/mol. The van der Waals surface area contributed by atoms with Gasteiger partial charge in [-0.3, -0.25) is 0 Å². The lowest BCUT2D eigenvalue weighted by atomic mass is 10.1. The highest BCUT2D eigenvalue weighted by atomic mass is 16.5. The van der Waals surface area contributed by atoms with Crippen LogP contribution in [0.15, 0.2) is 30.5 Å². The van der Waals surface area contributed by atoms with Gasteiger partial charge in [-0.15, -0.1) is 5.10 Å². The molecule has 1 N–H and O–H groups in total. The summed E-state index contributed by atoms with van der Waals surface area (Å²) in [4.78, 5) is 0. The first-order valence-electron chi connectivity index (χ1n) is 6.22. The van der Waals surface area contributed by atoms with Crippen molar-refractivity contribution in [3.05, 3.63) is 30.5 Å². The SMILES string of the molecule is CCOc1ccc(-c2cn(C3CNC3)nn2)cc1. The molecule has 1 aliphatic heterocycles. The minimum atomic E-state index is 0.453. The molecule has 0 amide bonds. The van der Waals surface area contributed by atoms with E-state index in [2.05, 4.69) is 15.6 Å². The standard InChI is InChI=1S/C13H16N4O/c1-2-18-12-5-3-10(4-6-12)13-9-17(16-15-13)11-7-14-8-11/h3-6,9,11,14H,2,7-8H2,1H3. The molecule has 1 aliphatic rings. The predicted octanol–water partition coefficient (Wildman–Crippen LogP) is 1.49. The summed E-state index contributed by atoms with van der Waals surface area (Å²) in [5.41, 5.74) is 1.97. The van der Waals surface area contributed by atoms with Gasteiger partial charge in [0.15, 0.2) is 0 Å². The highest BCUT2D eigenvalue weighted by molar-refractivity contribution is 5.58. The molecule has 0 bridgehead atoms. The van der Waals surface area contributed by atoms with Gasteiger partial charge in [-0.2, -0.15) is 0 Å². The minimum Gasteiger partial charge on any atom is -0.494 e.